The maximum absolute atomic E-state index is 11.8. The highest BCUT2D eigenvalue weighted by molar-refractivity contribution is 7.99. The van der Waals surface area contributed by atoms with Crippen molar-refractivity contribution in [1.82, 2.24) is 4.90 Å². The molecule has 0 spiro atoms. The Balaban J connectivity index is 2.31. The highest BCUT2D eigenvalue weighted by Gasteiger charge is 2.11. The first-order chi connectivity index (χ1) is 7.99. The first-order valence-electron chi connectivity index (χ1n) is 5.61. The molecule has 0 aromatic carbocycles. The van der Waals surface area contributed by atoms with E-state index in [4.69, 9.17) is 10.2 Å². The van der Waals surface area contributed by atoms with Gasteiger partial charge in [-0.15, -0.1) is 0 Å². The van der Waals surface area contributed by atoms with Gasteiger partial charge in [-0.05, 0) is 26.0 Å². The van der Waals surface area contributed by atoms with Crippen LogP contribution in [0, 0.1) is 6.92 Å². The molecular weight excluding hydrogens is 236 g/mol. The molecule has 96 valence electrons. The van der Waals surface area contributed by atoms with Gasteiger partial charge in [-0.25, -0.2) is 0 Å². The molecule has 0 saturated heterocycles. The Labute approximate surface area is 107 Å². The third-order valence-electron chi connectivity index (χ3n) is 2.22. The molecule has 0 saturated carbocycles. The van der Waals surface area contributed by atoms with Crippen molar-refractivity contribution in [2.45, 2.75) is 26.4 Å². The number of furan rings is 1. The van der Waals surface area contributed by atoms with Gasteiger partial charge in [-0.1, -0.05) is 0 Å². The number of rotatable bonds is 6. The minimum absolute atomic E-state index is 0.102. The van der Waals surface area contributed by atoms with Crippen molar-refractivity contribution in [2.75, 3.05) is 18.6 Å². The van der Waals surface area contributed by atoms with Crippen molar-refractivity contribution in [3.05, 3.63) is 23.7 Å². The fraction of sp³-hybridized carbons (Fsp3) is 0.583. The number of aryl methyl sites for hydroxylation is 1. The van der Waals surface area contributed by atoms with Gasteiger partial charge in [0.25, 0.3) is 0 Å². The minimum atomic E-state index is 0.102. The van der Waals surface area contributed by atoms with Crippen molar-refractivity contribution >= 4 is 17.7 Å². The van der Waals surface area contributed by atoms with Crippen molar-refractivity contribution in [2.24, 2.45) is 5.73 Å². The summed E-state index contributed by atoms with van der Waals surface area (Å²) in [6.07, 6.45) is 0. The van der Waals surface area contributed by atoms with E-state index in [-0.39, 0.29) is 11.9 Å². The van der Waals surface area contributed by atoms with Gasteiger partial charge in [0.15, 0.2) is 0 Å². The van der Waals surface area contributed by atoms with Crippen LogP contribution in [0.15, 0.2) is 16.5 Å². The maximum Gasteiger partial charge on any atom is 0.232 e. The maximum atomic E-state index is 11.8. The molecule has 0 aliphatic heterocycles. The number of thioether (sulfide) groups is 1. The van der Waals surface area contributed by atoms with Crippen LogP contribution in [0.25, 0.3) is 0 Å². The predicted octanol–water partition coefficient (Wildman–Crippen LogP) is 1.63. The van der Waals surface area contributed by atoms with E-state index in [1.54, 1.807) is 23.7 Å². The zero-order chi connectivity index (χ0) is 12.8. The van der Waals surface area contributed by atoms with Gasteiger partial charge in [0, 0.05) is 18.8 Å². The second-order valence-electron chi connectivity index (χ2n) is 4.25. The average molecular weight is 256 g/mol. The summed E-state index contributed by atoms with van der Waals surface area (Å²) in [6.45, 7) is 4.35. The molecule has 17 heavy (non-hydrogen) atoms. The van der Waals surface area contributed by atoms with E-state index in [0.717, 1.165) is 17.3 Å². The Bertz CT molecular complexity index is 363. The van der Waals surface area contributed by atoms with Crippen LogP contribution in [0.3, 0.4) is 0 Å². The van der Waals surface area contributed by atoms with E-state index < -0.39 is 0 Å². The summed E-state index contributed by atoms with van der Waals surface area (Å²) in [7, 11) is 1.78. The largest absolute Gasteiger partial charge is 0.464 e. The van der Waals surface area contributed by atoms with Gasteiger partial charge >= 0.3 is 0 Å². The summed E-state index contributed by atoms with van der Waals surface area (Å²) in [5.41, 5.74) is 5.62. The van der Waals surface area contributed by atoms with Gasteiger partial charge in [0.1, 0.15) is 11.5 Å². The third kappa shape index (κ3) is 5.28. The Morgan fingerprint density at radius 3 is 2.82 bits per heavy atom. The number of hydrogen-bond acceptors (Lipinski definition) is 4. The van der Waals surface area contributed by atoms with E-state index in [0.29, 0.717) is 12.3 Å². The Morgan fingerprint density at radius 2 is 2.29 bits per heavy atom. The van der Waals surface area contributed by atoms with Crippen LogP contribution in [0.4, 0.5) is 0 Å². The van der Waals surface area contributed by atoms with Crippen LogP contribution in [0.5, 0.6) is 0 Å². The molecule has 0 fully saturated rings. The van der Waals surface area contributed by atoms with E-state index in [9.17, 15) is 4.79 Å². The van der Waals surface area contributed by atoms with Gasteiger partial charge < -0.3 is 15.1 Å². The SMILES string of the molecule is Cc1ccc(CN(C)C(=O)CSCC(C)N)o1. The molecule has 1 rings (SSSR count). The number of amides is 1. The zero-order valence-electron chi connectivity index (χ0n) is 10.6. The normalized spacial score (nSPS) is 12.5. The third-order valence-corrected chi connectivity index (χ3v) is 3.43. The summed E-state index contributed by atoms with van der Waals surface area (Å²) >= 11 is 1.57. The monoisotopic (exact) mass is 256 g/mol. The average Bonchev–Trinajstić information content (AvgIpc) is 2.63. The van der Waals surface area contributed by atoms with Gasteiger partial charge in [-0.3, -0.25) is 4.79 Å². The van der Waals surface area contributed by atoms with Crippen LogP contribution < -0.4 is 5.73 Å². The Hall–Kier alpha value is -0.940. The zero-order valence-corrected chi connectivity index (χ0v) is 11.4. The molecule has 0 radical (unpaired) electrons. The van der Waals surface area contributed by atoms with E-state index in [1.807, 2.05) is 26.0 Å². The lowest BCUT2D eigenvalue weighted by Gasteiger charge is -2.15. The van der Waals surface area contributed by atoms with Gasteiger partial charge in [0.05, 0.1) is 12.3 Å². The molecule has 1 unspecified atom stereocenters. The van der Waals surface area contributed by atoms with Crippen LogP contribution >= 0.6 is 11.8 Å². The molecule has 1 heterocycles. The Morgan fingerprint density at radius 1 is 1.59 bits per heavy atom. The minimum Gasteiger partial charge on any atom is -0.464 e. The molecule has 5 heteroatoms. The van der Waals surface area contributed by atoms with Gasteiger partial charge in [0.2, 0.25) is 5.91 Å². The van der Waals surface area contributed by atoms with Crippen LogP contribution in [0.1, 0.15) is 18.4 Å². The summed E-state index contributed by atoms with van der Waals surface area (Å²) in [6, 6.07) is 3.93. The molecule has 1 amide bonds. The van der Waals surface area contributed by atoms with Crippen LogP contribution in [-0.2, 0) is 11.3 Å². The van der Waals surface area contributed by atoms with Crippen molar-refractivity contribution < 1.29 is 9.21 Å². The highest BCUT2D eigenvalue weighted by Crippen LogP contribution is 2.10. The summed E-state index contributed by atoms with van der Waals surface area (Å²) in [4.78, 5) is 13.4. The fourth-order valence-corrected chi connectivity index (χ4v) is 2.22. The quantitative estimate of drug-likeness (QED) is 0.840. The van der Waals surface area contributed by atoms with Crippen molar-refractivity contribution in [3.8, 4) is 0 Å². The highest BCUT2D eigenvalue weighted by atomic mass is 32.2. The fourth-order valence-electron chi connectivity index (χ4n) is 1.33. The summed E-state index contributed by atoms with van der Waals surface area (Å²) < 4.78 is 5.43. The lowest BCUT2D eigenvalue weighted by atomic mass is 10.4. The molecular formula is C12H20N2O2S. The number of carbonyl (C=O) groups excluding carboxylic acids is 1. The smallest absolute Gasteiger partial charge is 0.232 e. The molecule has 2 N–H and O–H groups in total. The van der Waals surface area contributed by atoms with E-state index in [1.165, 1.54) is 0 Å². The molecule has 1 atom stereocenters. The molecule has 0 aliphatic rings. The number of carbonyl (C=O) groups is 1. The topological polar surface area (TPSA) is 59.5 Å². The lowest BCUT2D eigenvalue weighted by Crippen LogP contribution is -2.28. The first kappa shape index (κ1) is 14.1. The van der Waals surface area contributed by atoms with Gasteiger partial charge in [-0.2, -0.15) is 11.8 Å². The number of hydrogen-bond donors (Lipinski definition) is 1. The van der Waals surface area contributed by atoms with Crippen LogP contribution in [-0.4, -0.2) is 35.4 Å². The van der Waals surface area contributed by atoms with Crippen molar-refractivity contribution in [3.63, 3.8) is 0 Å². The summed E-state index contributed by atoms with van der Waals surface area (Å²) in [5, 5.41) is 0. The molecule has 1 aromatic heterocycles. The molecule has 1 aromatic rings. The first-order valence-corrected chi connectivity index (χ1v) is 6.77. The molecule has 0 aliphatic carbocycles. The van der Waals surface area contributed by atoms with E-state index >= 15 is 0 Å². The number of nitrogens with zero attached hydrogens (tertiary/aromatic N) is 1. The van der Waals surface area contributed by atoms with Crippen LogP contribution in [0.2, 0.25) is 0 Å². The predicted molar refractivity (Wildman–Crippen MR) is 70.9 cm³/mol. The van der Waals surface area contributed by atoms with E-state index in [2.05, 4.69) is 0 Å². The second kappa shape index (κ2) is 6.71. The van der Waals surface area contributed by atoms with Crippen molar-refractivity contribution in [1.29, 1.82) is 0 Å². The molecule has 4 nitrogen and oxygen atoms in total. The Kier molecular flexibility index (Phi) is 5.58. The molecule has 0 bridgehead atoms. The second-order valence-corrected chi connectivity index (χ2v) is 5.28. The number of nitrogens with two attached hydrogens (primary N) is 1. The summed E-state index contributed by atoms with van der Waals surface area (Å²) in [5.74, 6) is 3.06. The lowest BCUT2D eigenvalue weighted by molar-refractivity contribution is -0.127. The standard InChI is InChI=1S/C12H20N2O2S/c1-9(13)7-17-8-12(15)14(3)6-11-5-4-10(2)16-11/h4-5,9H,6-8,13H2,1-3H3.